The van der Waals surface area contributed by atoms with Crippen molar-refractivity contribution in [3.05, 3.63) is 89.0 Å². The molecule has 1 fully saturated rings. The molecular formula is C31H30F3N3O5. The number of urea groups is 1. The van der Waals surface area contributed by atoms with Gasteiger partial charge in [0.2, 0.25) is 5.91 Å². The number of fused-ring (bicyclic) bond motifs is 4. The number of benzene rings is 3. The molecule has 3 aromatic carbocycles. The Bertz CT molecular complexity index is 1480. The van der Waals surface area contributed by atoms with Gasteiger partial charge in [-0.2, -0.15) is 13.2 Å². The molecule has 0 saturated carbocycles. The zero-order valence-electron chi connectivity index (χ0n) is 22.6. The normalized spacial score (nSPS) is 22.8. The fourth-order valence-electron chi connectivity index (χ4n) is 6.04. The second kappa shape index (κ2) is 11.3. The molecule has 11 heteroatoms. The molecule has 4 atom stereocenters. The smallest absolute Gasteiger partial charge is 0.416 e. The number of hydrogen-bond acceptors (Lipinski definition) is 5. The summed E-state index contributed by atoms with van der Waals surface area (Å²) in [5, 5.41) is 15.3. The maximum atomic E-state index is 13.2. The summed E-state index contributed by atoms with van der Waals surface area (Å²) in [4.78, 5) is 27.7. The van der Waals surface area contributed by atoms with Gasteiger partial charge in [0.05, 0.1) is 24.7 Å². The maximum absolute atomic E-state index is 13.2. The molecule has 3 amide bonds. The number of carbonyl (C=O) groups is 2. The molecule has 0 spiro atoms. The first-order valence-corrected chi connectivity index (χ1v) is 13.8. The molecule has 42 heavy (non-hydrogen) atoms. The maximum Gasteiger partial charge on any atom is 0.416 e. The number of rotatable bonds is 5. The van der Waals surface area contributed by atoms with Gasteiger partial charge < -0.3 is 30.1 Å². The van der Waals surface area contributed by atoms with Gasteiger partial charge in [-0.15, -0.1) is 0 Å². The van der Waals surface area contributed by atoms with Crippen LogP contribution in [0.25, 0.3) is 0 Å². The van der Waals surface area contributed by atoms with Crippen LogP contribution in [0.4, 0.5) is 29.3 Å². The number of halogens is 3. The first-order valence-electron chi connectivity index (χ1n) is 13.8. The molecule has 0 unspecified atom stereocenters. The third-order valence-electron chi connectivity index (χ3n) is 8.11. The summed E-state index contributed by atoms with van der Waals surface area (Å²) in [5.41, 5.74) is 3.12. The average molecular weight is 582 g/mol. The highest BCUT2D eigenvalue weighted by atomic mass is 19.4. The number of nitrogens with one attached hydrogen (secondary N) is 2. The second-order valence-corrected chi connectivity index (χ2v) is 10.8. The van der Waals surface area contributed by atoms with Crippen molar-refractivity contribution >= 4 is 23.3 Å². The van der Waals surface area contributed by atoms with Crippen molar-refractivity contribution in [2.45, 2.75) is 56.2 Å². The lowest BCUT2D eigenvalue weighted by atomic mass is 9.84. The molecular weight excluding hydrogens is 551 g/mol. The van der Waals surface area contributed by atoms with E-state index in [0.29, 0.717) is 30.9 Å². The Kier molecular flexibility index (Phi) is 7.54. The Balaban J connectivity index is 1.11. The topological polar surface area (TPSA) is 100 Å². The predicted molar refractivity (Wildman–Crippen MR) is 148 cm³/mol. The van der Waals surface area contributed by atoms with E-state index in [0.717, 1.165) is 29.7 Å². The molecule has 0 radical (unpaired) electrons. The Morgan fingerprint density at radius 2 is 1.69 bits per heavy atom. The standard InChI is InChI=1S/C31H30F3N3O5/c32-31(33,34)20-5-7-21(8-6-20)35-30(40)36-22-9-10-26-24(13-22)25-14-23(41-27(17-38)29(25)42-26)15-28(39)37-12-11-18-3-1-2-4-19(18)16-37/h1-10,13,23,25,27,29,38H,11-12,14-17H2,(H2,35,36,40)/t23-,25+,27-,29-/m0/s1. The lowest BCUT2D eigenvalue weighted by Gasteiger charge is -2.38. The summed E-state index contributed by atoms with van der Waals surface area (Å²) in [7, 11) is 0. The van der Waals surface area contributed by atoms with Crippen molar-refractivity contribution in [1.82, 2.24) is 4.90 Å². The molecule has 0 aromatic heterocycles. The Morgan fingerprint density at radius 3 is 2.43 bits per heavy atom. The van der Waals surface area contributed by atoms with Crippen LogP contribution in [0.3, 0.4) is 0 Å². The van der Waals surface area contributed by atoms with Gasteiger partial charge in [0.15, 0.2) is 0 Å². The van der Waals surface area contributed by atoms with Crippen molar-refractivity contribution in [2.75, 3.05) is 23.8 Å². The first-order chi connectivity index (χ1) is 20.2. The predicted octanol–water partition coefficient (Wildman–Crippen LogP) is 5.32. The highest BCUT2D eigenvalue weighted by Crippen LogP contribution is 2.47. The summed E-state index contributed by atoms with van der Waals surface area (Å²) in [6.07, 6.45) is -4.43. The summed E-state index contributed by atoms with van der Waals surface area (Å²) in [6, 6.07) is 16.8. The third-order valence-corrected chi connectivity index (χ3v) is 8.11. The quantitative estimate of drug-likeness (QED) is 0.379. The Morgan fingerprint density at radius 1 is 0.976 bits per heavy atom. The number of ether oxygens (including phenoxy) is 2. The van der Waals surface area contributed by atoms with Crippen LogP contribution in [-0.4, -0.2) is 53.4 Å². The molecule has 6 rings (SSSR count). The molecule has 8 nitrogen and oxygen atoms in total. The number of hydrogen-bond donors (Lipinski definition) is 3. The number of alkyl halides is 3. The fraction of sp³-hybridized carbons (Fsp3) is 0.355. The average Bonchev–Trinajstić information content (AvgIpc) is 3.34. The van der Waals surface area contributed by atoms with Crippen LogP contribution in [0.5, 0.6) is 5.75 Å². The van der Waals surface area contributed by atoms with Crippen molar-refractivity contribution < 1.29 is 37.3 Å². The van der Waals surface area contributed by atoms with Crippen LogP contribution in [0, 0.1) is 0 Å². The number of carbonyl (C=O) groups excluding carboxylic acids is 2. The van der Waals surface area contributed by atoms with E-state index < -0.39 is 36.1 Å². The van der Waals surface area contributed by atoms with E-state index in [1.807, 2.05) is 23.1 Å². The number of anilines is 2. The van der Waals surface area contributed by atoms with Crippen molar-refractivity contribution in [3.8, 4) is 5.75 Å². The second-order valence-electron chi connectivity index (χ2n) is 10.8. The van der Waals surface area contributed by atoms with E-state index in [9.17, 15) is 27.9 Å². The molecule has 1 saturated heterocycles. The van der Waals surface area contributed by atoms with Crippen molar-refractivity contribution in [1.29, 1.82) is 0 Å². The molecule has 3 aromatic rings. The zero-order chi connectivity index (χ0) is 29.4. The molecule has 0 aliphatic carbocycles. The van der Waals surface area contributed by atoms with Gasteiger partial charge in [0.25, 0.3) is 0 Å². The summed E-state index contributed by atoms with van der Waals surface area (Å²) in [6.45, 7) is 0.942. The molecule has 3 heterocycles. The van der Waals surface area contributed by atoms with Gasteiger partial charge in [0, 0.05) is 35.9 Å². The first kappa shape index (κ1) is 28.0. The van der Waals surface area contributed by atoms with E-state index in [2.05, 4.69) is 16.7 Å². The van der Waals surface area contributed by atoms with E-state index in [4.69, 9.17) is 9.47 Å². The highest BCUT2D eigenvalue weighted by Gasteiger charge is 2.46. The minimum atomic E-state index is -4.46. The third kappa shape index (κ3) is 5.79. The van der Waals surface area contributed by atoms with Gasteiger partial charge in [-0.3, -0.25) is 4.79 Å². The van der Waals surface area contributed by atoms with Crippen molar-refractivity contribution in [3.63, 3.8) is 0 Å². The summed E-state index contributed by atoms with van der Waals surface area (Å²) >= 11 is 0. The van der Waals surface area contributed by atoms with Crippen LogP contribution < -0.4 is 15.4 Å². The van der Waals surface area contributed by atoms with Crippen LogP contribution >= 0.6 is 0 Å². The minimum absolute atomic E-state index is 0.000800. The van der Waals surface area contributed by atoms with Gasteiger partial charge >= 0.3 is 12.2 Å². The minimum Gasteiger partial charge on any atom is -0.487 e. The van der Waals surface area contributed by atoms with Gasteiger partial charge in [-0.25, -0.2) is 4.79 Å². The molecule has 0 bridgehead atoms. The SMILES string of the molecule is O=C(Nc1ccc(C(F)(F)F)cc1)Nc1ccc2c(c1)[C@H]1C[C@@H](CC(=O)N3CCc4ccccc4C3)O[C@@H](CO)[C@H]1O2. The van der Waals surface area contributed by atoms with E-state index in [1.165, 1.54) is 17.7 Å². The monoisotopic (exact) mass is 581 g/mol. The Hall–Kier alpha value is -4.09. The van der Waals surface area contributed by atoms with E-state index in [1.54, 1.807) is 18.2 Å². The highest BCUT2D eigenvalue weighted by molar-refractivity contribution is 5.99. The van der Waals surface area contributed by atoms with Gasteiger partial charge in [-0.05, 0) is 66.4 Å². The van der Waals surface area contributed by atoms with Crippen LogP contribution in [0.2, 0.25) is 0 Å². The molecule has 3 N–H and O–H groups in total. The van der Waals surface area contributed by atoms with Crippen molar-refractivity contribution in [2.24, 2.45) is 0 Å². The van der Waals surface area contributed by atoms with E-state index in [-0.39, 0.29) is 30.5 Å². The summed E-state index contributed by atoms with van der Waals surface area (Å²) < 4.78 is 50.7. The number of nitrogens with zero attached hydrogens (tertiary/aromatic N) is 1. The Labute approximate surface area is 240 Å². The lowest BCUT2D eigenvalue weighted by Crippen LogP contribution is -2.48. The van der Waals surface area contributed by atoms with E-state index >= 15 is 0 Å². The fourth-order valence-corrected chi connectivity index (χ4v) is 6.04. The number of aliphatic hydroxyl groups excluding tert-OH is 1. The lowest BCUT2D eigenvalue weighted by molar-refractivity contribution is -0.149. The van der Waals surface area contributed by atoms with Crippen LogP contribution in [0.15, 0.2) is 66.7 Å². The number of amides is 3. The molecule has 220 valence electrons. The molecule has 3 aliphatic heterocycles. The van der Waals surface area contributed by atoms with Gasteiger partial charge in [0.1, 0.15) is 18.0 Å². The van der Waals surface area contributed by atoms with Crippen LogP contribution in [0.1, 0.15) is 41.0 Å². The van der Waals surface area contributed by atoms with Crippen LogP contribution in [-0.2, 0) is 28.7 Å². The molecule has 3 aliphatic rings. The zero-order valence-corrected chi connectivity index (χ0v) is 22.6. The summed E-state index contributed by atoms with van der Waals surface area (Å²) in [5.74, 6) is 0.449. The van der Waals surface area contributed by atoms with Gasteiger partial charge in [-0.1, -0.05) is 24.3 Å². The largest absolute Gasteiger partial charge is 0.487 e. The number of aliphatic hydroxyl groups is 1.